The summed E-state index contributed by atoms with van der Waals surface area (Å²) in [5.41, 5.74) is 0. The minimum Gasteiger partial charge on any atom is -0.373 e. The molecular weight excluding hydrogens is 483 g/mol. The fourth-order valence-electron chi connectivity index (χ4n) is 5.52. The van der Waals surface area contributed by atoms with Crippen LogP contribution in [0, 0.1) is 23.7 Å². The molecule has 0 N–H and O–H groups in total. The van der Waals surface area contributed by atoms with Gasteiger partial charge in [0.1, 0.15) is 9.75 Å². The summed E-state index contributed by atoms with van der Waals surface area (Å²) in [6, 6.07) is 0. The molecular formula is C16H11Cl6NO4. The van der Waals surface area contributed by atoms with E-state index in [1.165, 1.54) is 6.08 Å². The Balaban J connectivity index is 1.62. The number of fused-ring (bicyclic) bond motifs is 12. The molecule has 4 fully saturated rings. The van der Waals surface area contributed by atoms with Gasteiger partial charge in [-0.3, -0.25) is 14.4 Å². The Hall–Kier alpha value is 0.280. The van der Waals surface area contributed by atoms with Gasteiger partial charge in [-0.1, -0.05) is 52.5 Å². The van der Waals surface area contributed by atoms with Crippen LogP contribution in [0.2, 0.25) is 0 Å². The minimum absolute atomic E-state index is 0.0184. The van der Waals surface area contributed by atoms with Crippen LogP contribution >= 0.6 is 69.6 Å². The second kappa shape index (κ2) is 5.50. The maximum Gasteiger partial charge on any atom is 0.260 e. The monoisotopic (exact) mass is 491 g/mol. The van der Waals surface area contributed by atoms with Crippen LogP contribution in [-0.2, 0) is 19.2 Å². The number of carbonyl (C=O) groups excluding carboxylic acids is 2. The van der Waals surface area contributed by atoms with Gasteiger partial charge in [0.05, 0.1) is 40.7 Å². The van der Waals surface area contributed by atoms with Crippen LogP contribution in [0.15, 0.2) is 22.7 Å². The molecule has 0 unspecified atom stereocenters. The van der Waals surface area contributed by atoms with Crippen molar-refractivity contribution in [2.45, 2.75) is 26.3 Å². The van der Waals surface area contributed by atoms with Gasteiger partial charge in [0.25, 0.3) is 11.8 Å². The largest absolute Gasteiger partial charge is 0.373 e. The molecule has 4 bridgehead atoms. The van der Waals surface area contributed by atoms with E-state index in [0.29, 0.717) is 0 Å². The molecule has 2 aliphatic carbocycles. The van der Waals surface area contributed by atoms with Gasteiger partial charge in [-0.15, -0.1) is 29.8 Å². The molecule has 146 valence electrons. The first-order valence-corrected chi connectivity index (χ1v) is 10.4. The highest BCUT2D eigenvalue weighted by Gasteiger charge is 2.90. The lowest BCUT2D eigenvalue weighted by molar-refractivity contribution is -0.189. The molecule has 2 amide bonds. The third kappa shape index (κ3) is 1.74. The number of amides is 2. The van der Waals surface area contributed by atoms with Crippen LogP contribution in [0.25, 0.3) is 0 Å². The SMILES string of the molecule is C=CCON1C(=O)[C@@H]2[C@H]3O[C@@H]([C@@H]2C1=O)[C@@H]1[C@H]3[C@@]2(Cl)C(Cl)=C(Cl)[C@@]1(Cl)C2(Cl)Cl. The number of allylic oxidation sites excluding steroid dienone is 2. The van der Waals surface area contributed by atoms with Crippen molar-refractivity contribution in [3.05, 3.63) is 22.7 Å². The van der Waals surface area contributed by atoms with Crippen LogP contribution in [0.1, 0.15) is 0 Å². The van der Waals surface area contributed by atoms with Gasteiger partial charge >= 0.3 is 0 Å². The number of ether oxygens (including phenoxy) is 1. The number of carbonyl (C=O) groups is 2. The van der Waals surface area contributed by atoms with Crippen molar-refractivity contribution in [1.29, 1.82) is 0 Å². The van der Waals surface area contributed by atoms with E-state index < -0.39 is 61.8 Å². The third-order valence-corrected chi connectivity index (χ3v) is 10.8. The first kappa shape index (κ1) is 19.3. The molecule has 3 saturated heterocycles. The highest BCUT2D eigenvalue weighted by Crippen LogP contribution is 2.81. The van der Waals surface area contributed by atoms with E-state index >= 15 is 0 Å². The van der Waals surface area contributed by atoms with E-state index in [0.717, 1.165) is 5.06 Å². The summed E-state index contributed by atoms with van der Waals surface area (Å²) in [4.78, 5) is 27.9. The third-order valence-electron chi connectivity index (χ3n) is 6.46. The first-order valence-electron chi connectivity index (χ1n) is 8.15. The zero-order valence-corrected chi connectivity index (χ0v) is 17.8. The Morgan fingerprint density at radius 3 is 1.85 bits per heavy atom. The molecule has 0 aromatic carbocycles. The van der Waals surface area contributed by atoms with Crippen molar-refractivity contribution in [2.75, 3.05) is 6.61 Å². The zero-order chi connectivity index (χ0) is 19.7. The van der Waals surface area contributed by atoms with Crippen LogP contribution in [0.3, 0.4) is 0 Å². The van der Waals surface area contributed by atoms with Crippen LogP contribution in [0.5, 0.6) is 0 Å². The maximum atomic E-state index is 12.8. The molecule has 1 saturated carbocycles. The number of imide groups is 1. The van der Waals surface area contributed by atoms with Gasteiger partial charge in [0, 0.05) is 11.8 Å². The molecule has 5 nitrogen and oxygen atoms in total. The maximum absolute atomic E-state index is 12.8. The second-order valence-corrected chi connectivity index (χ2v) is 10.6. The minimum atomic E-state index is -1.73. The fourth-order valence-corrected chi connectivity index (χ4v) is 8.59. The predicted octanol–water partition coefficient (Wildman–Crippen LogP) is 3.56. The molecule has 5 aliphatic rings. The molecule has 3 aliphatic heterocycles. The second-order valence-electron chi connectivity index (χ2n) is 7.35. The van der Waals surface area contributed by atoms with E-state index in [4.69, 9.17) is 79.2 Å². The van der Waals surface area contributed by atoms with E-state index in [1.807, 2.05) is 0 Å². The van der Waals surface area contributed by atoms with E-state index in [1.54, 1.807) is 0 Å². The number of hydrogen-bond acceptors (Lipinski definition) is 4. The predicted molar refractivity (Wildman–Crippen MR) is 101 cm³/mol. The number of halogens is 6. The molecule has 27 heavy (non-hydrogen) atoms. The topological polar surface area (TPSA) is 55.8 Å². The van der Waals surface area contributed by atoms with Gasteiger partial charge in [-0.2, -0.15) is 5.06 Å². The van der Waals surface area contributed by atoms with Gasteiger partial charge in [-0.25, -0.2) is 0 Å². The standard InChI is InChI=1S/C16H11Cl6NO4/c1-2-3-26-23-12(24)4-5(13(23)25)9-7-6(8(4)27-9)14(19)10(17)11(18)15(7,20)16(14,21)22/h2,4-9H,1,3H2/t4-,5+,6+,7-,8+,9-,14-,15-/m1/s1. The molecule has 8 atom stereocenters. The lowest BCUT2D eigenvalue weighted by Gasteiger charge is -2.39. The average molecular weight is 494 g/mol. The highest BCUT2D eigenvalue weighted by atomic mass is 35.5. The van der Waals surface area contributed by atoms with E-state index in [9.17, 15) is 9.59 Å². The Kier molecular flexibility index (Phi) is 3.92. The molecule has 0 aromatic rings. The number of hydroxylamine groups is 2. The molecule has 11 heteroatoms. The molecule has 5 rings (SSSR count). The zero-order valence-electron chi connectivity index (χ0n) is 13.3. The van der Waals surface area contributed by atoms with Crippen molar-refractivity contribution >= 4 is 81.4 Å². The molecule has 3 heterocycles. The Bertz CT molecular complexity index is 789. The molecule has 0 aromatic heterocycles. The highest BCUT2D eigenvalue weighted by molar-refractivity contribution is 6.65. The van der Waals surface area contributed by atoms with Crippen LogP contribution in [-0.4, -0.2) is 49.8 Å². The van der Waals surface area contributed by atoms with Gasteiger partial charge in [-0.05, 0) is 0 Å². The van der Waals surface area contributed by atoms with Crippen LogP contribution in [0.4, 0.5) is 0 Å². The summed E-state index contributed by atoms with van der Waals surface area (Å²) in [7, 11) is 0. The summed E-state index contributed by atoms with van der Waals surface area (Å²) in [5.74, 6) is -3.68. The number of nitrogens with zero attached hydrogens (tertiary/aromatic N) is 1. The normalized spacial score (nSPS) is 51.4. The van der Waals surface area contributed by atoms with Crippen molar-refractivity contribution < 1.29 is 19.2 Å². The van der Waals surface area contributed by atoms with Crippen molar-refractivity contribution in [1.82, 2.24) is 5.06 Å². The van der Waals surface area contributed by atoms with Gasteiger partial charge < -0.3 is 4.74 Å². The molecule has 0 spiro atoms. The fraction of sp³-hybridized carbons (Fsp3) is 0.625. The van der Waals surface area contributed by atoms with Gasteiger partial charge in [0.2, 0.25) is 0 Å². The first-order chi connectivity index (χ1) is 12.6. The number of rotatable bonds is 3. The van der Waals surface area contributed by atoms with Crippen molar-refractivity contribution in [3.8, 4) is 0 Å². The summed E-state index contributed by atoms with van der Waals surface area (Å²) < 4.78 is 4.30. The summed E-state index contributed by atoms with van der Waals surface area (Å²) in [5, 5.41) is 0.878. The summed E-state index contributed by atoms with van der Waals surface area (Å²) >= 11 is 39.7. The molecule has 0 radical (unpaired) electrons. The van der Waals surface area contributed by atoms with E-state index in [2.05, 4.69) is 6.58 Å². The lowest BCUT2D eigenvalue weighted by atomic mass is 9.65. The average Bonchev–Trinajstić information content (AvgIpc) is 3.31. The van der Waals surface area contributed by atoms with E-state index in [-0.39, 0.29) is 16.7 Å². The van der Waals surface area contributed by atoms with Crippen LogP contribution < -0.4 is 0 Å². The lowest BCUT2D eigenvalue weighted by Crippen LogP contribution is -2.50. The van der Waals surface area contributed by atoms with Gasteiger partial charge in [0.15, 0.2) is 4.33 Å². The Morgan fingerprint density at radius 1 is 1.00 bits per heavy atom. The Morgan fingerprint density at radius 2 is 1.44 bits per heavy atom. The van der Waals surface area contributed by atoms with Crippen molar-refractivity contribution in [2.24, 2.45) is 23.7 Å². The summed E-state index contributed by atoms with van der Waals surface area (Å²) in [6.07, 6.45) is -0.0192. The quantitative estimate of drug-likeness (QED) is 0.343. The number of hydrogen-bond donors (Lipinski definition) is 0. The number of alkyl halides is 4. The summed E-state index contributed by atoms with van der Waals surface area (Å²) in [6.45, 7) is 3.53. The van der Waals surface area contributed by atoms with Crippen molar-refractivity contribution in [3.63, 3.8) is 0 Å². The smallest absolute Gasteiger partial charge is 0.260 e. The Labute approximate surface area is 184 Å².